The SMILES string of the molecule is O=C(Nc1ncnc(N2CCCCC2)n1)c1ccccc1. The van der Waals surface area contributed by atoms with Gasteiger partial charge >= 0.3 is 0 Å². The molecule has 0 aliphatic carbocycles. The van der Waals surface area contributed by atoms with Crippen LogP contribution in [0, 0.1) is 0 Å². The zero-order valence-corrected chi connectivity index (χ0v) is 11.7. The molecule has 1 aliphatic heterocycles. The molecule has 0 atom stereocenters. The topological polar surface area (TPSA) is 71.0 Å². The van der Waals surface area contributed by atoms with Gasteiger partial charge in [-0.05, 0) is 31.4 Å². The third-order valence-electron chi connectivity index (χ3n) is 3.46. The first-order chi connectivity index (χ1) is 10.3. The maximum absolute atomic E-state index is 12.1. The minimum Gasteiger partial charge on any atom is -0.341 e. The molecule has 1 aromatic carbocycles. The number of hydrogen-bond acceptors (Lipinski definition) is 5. The molecule has 1 N–H and O–H groups in total. The van der Waals surface area contributed by atoms with Crippen LogP contribution in [0.1, 0.15) is 29.6 Å². The first-order valence-electron chi connectivity index (χ1n) is 7.13. The molecule has 1 amide bonds. The summed E-state index contributed by atoms with van der Waals surface area (Å²) in [5, 5.41) is 2.71. The van der Waals surface area contributed by atoms with Crippen molar-refractivity contribution >= 4 is 17.8 Å². The highest BCUT2D eigenvalue weighted by molar-refractivity contribution is 6.03. The normalized spacial score (nSPS) is 14.8. The average molecular weight is 283 g/mol. The predicted octanol–water partition coefficient (Wildman–Crippen LogP) is 2.11. The van der Waals surface area contributed by atoms with Crippen LogP contribution in [0.5, 0.6) is 0 Å². The summed E-state index contributed by atoms with van der Waals surface area (Å²) in [6.45, 7) is 1.91. The molecule has 2 heterocycles. The van der Waals surface area contributed by atoms with E-state index in [0.717, 1.165) is 25.9 Å². The number of benzene rings is 1. The largest absolute Gasteiger partial charge is 0.341 e. The van der Waals surface area contributed by atoms with Gasteiger partial charge in [0.05, 0.1) is 0 Å². The number of nitrogens with one attached hydrogen (secondary N) is 1. The Morgan fingerprint density at radius 3 is 2.57 bits per heavy atom. The van der Waals surface area contributed by atoms with Crippen LogP contribution in [-0.2, 0) is 0 Å². The van der Waals surface area contributed by atoms with Gasteiger partial charge in [-0.2, -0.15) is 4.98 Å². The maximum Gasteiger partial charge on any atom is 0.258 e. The molecule has 1 aliphatic rings. The van der Waals surface area contributed by atoms with Gasteiger partial charge in [0.25, 0.3) is 5.91 Å². The minimum atomic E-state index is -0.216. The number of carbonyl (C=O) groups excluding carboxylic acids is 1. The first-order valence-corrected chi connectivity index (χ1v) is 7.13. The maximum atomic E-state index is 12.1. The van der Waals surface area contributed by atoms with Crippen LogP contribution < -0.4 is 10.2 Å². The molecule has 0 bridgehead atoms. The van der Waals surface area contributed by atoms with E-state index in [1.54, 1.807) is 12.1 Å². The number of anilines is 2. The Balaban J connectivity index is 1.72. The Kier molecular flexibility index (Phi) is 4.04. The molecule has 0 saturated carbocycles. The molecule has 0 radical (unpaired) electrons. The third-order valence-corrected chi connectivity index (χ3v) is 3.46. The van der Waals surface area contributed by atoms with Crippen LogP contribution in [0.3, 0.4) is 0 Å². The summed E-state index contributed by atoms with van der Waals surface area (Å²) in [6.07, 6.45) is 4.99. The summed E-state index contributed by atoms with van der Waals surface area (Å²) in [6, 6.07) is 9.02. The van der Waals surface area contributed by atoms with Crippen molar-refractivity contribution in [2.75, 3.05) is 23.3 Å². The molecule has 21 heavy (non-hydrogen) atoms. The summed E-state index contributed by atoms with van der Waals surface area (Å²) in [5.41, 5.74) is 0.581. The summed E-state index contributed by atoms with van der Waals surface area (Å²) >= 11 is 0. The fourth-order valence-corrected chi connectivity index (χ4v) is 2.36. The zero-order valence-electron chi connectivity index (χ0n) is 11.7. The van der Waals surface area contributed by atoms with E-state index in [0.29, 0.717) is 17.5 Å². The molecule has 1 aromatic heterocycles. The minimum absolute atomic E-state index is 0.216. The smallest absolute Gasteiger partial charge is 0.258 e. The van der Waals surface area contributed by atoms with Crippen LogP contribution >= 0.6 is 0 Å². The van der Waals surface area contributed by atoms with Crippen LogP contribution in [0.4, 0.5) is 11.9 Å². The van der Waals surface area contributed by atoms with E-state index in [1.807, 2.05) is 18.2 Å². The third kappa shape index (κ3) is 3.34. The highest BCUT2D eigenvalue weighted by Crippen LogP contribution is 2.15. The second-order valence-electron chi connectivity index (χ2n) is 4.98. The van der Waals surface area contributed by atoms with E-state index in [4.69, 9.17) is 0 Å². The Morgan fingerprint density at radius 1 is 1.05 bits per heavy atom. The molecule has 1 saturated heterocycles. The van der Waals surface area contributed by atoms with Crippen molar-refractivity contribution in [2.45, 2.75) is 19.3 Å². The lowest BCUT2D eigenvalue weighted by atomic mass is 10.1. The van der Waals surface area contributed by atoms with E-state index in [9.17, 15) is 4.79 Å². The van der Waals surface area contributed by atoms with Crippen LogP contribution in [0.15, 0.2) is 36.7 Å². The van der Waals surface area contributed by atoms with Crippen LogP contribution in [-0.4, -0.2) is 33.9 Å². The monoisotopic (exact) mass is 283 g/mol. The second kappa shape index (κ2) is 6.30. The molecule has 6 heteroatoms. The van der Waals surface area contributed by atoms with Crippen molar-refractivity contribution in [3.8, 4) is 0 Å². The number of nitrogens with zero attached hydrogens (tertiary/aromatic N) is 4. The van der Waals surface area contributed by atoms with E-state index in [2.05, 4.69) is 25.2 Å². The molecule has 1 fully saturated rings. The molecule has 3 rings (SSSR count). The number of carbonyl (C=O) groups is 1. The van der Waals surface area contributed by atoms with Gasteiger partial charge in [-0.15, -0.1) is 0 Å². The first kappa shape index (κ1) is 13.5. The lowest BCUT2D eigenvalue weighted by Gasteiger charge is -2.26. The van der Waals surface area contributed by atoms with Gasteiger partial charge in [0.1, 0.15) is 6.33 Å². The molecular formula is C15H17N5O. The number of amides is 1. The lowest BCUT2D eigenvalue weighted by molar-refractivity contribution is 0.102. The Labute approximate surface area is 123 Å². The summed E-state index contributed by atoms with van der Waals surface area (Å²) in [4.78, 5) is 26.8. The molecule has 6 nitrogen and oxygen atoms in total. The van der Waals surface area contributed by atoms with Crippen molar-refractivity contribution in [1.82, 2.24) is 15.0 Å². The summed E-state index contributed by atoms with van der Waals surface area (Å²) in [5.74, 6) is 0.707. The fourth-order valence-electron chi connectivity index (χ4n) is 2.36. The summed E-state index contributed by atoms with van der Waals surface area (Å²) in [7, 11) is 0. The van der Waals surface area contributed by atoms with Gasteiger partial charge in [0.15, 0.2) is 0 Å². The van der Waals surface area contributed by atoms with E-state index >= 15 is 0 Å². The molecule has 108 valence electrons. The van der Waals surface area contributed by atoms with Crippen LogP contribution in [0.25, 0.3) is 0 Å². The Bertz CT molecular complexity index is 610. The van der Waals surface area contributed by atoms with Crippen molar-refractivity contribution in [3.05, 3.63) is 42.2 Å². The summed E-state index contributed by atoms with van der Waals surface area (Å²) < 4.78 is 0. The van der Waals surface area contributed by atoms with Crippen molar-refractivity contribution in [2.24, 2.45) is 0 Å². The second-order valence-corrected chi connectivity index (χ2v) is 4.98. The van der Waals surface area contributed by atoms with Gasteiger partial charge < -0.3 is 4.90 Å². The number of piperidine rings is 1. The van der Waals surface area contributed by atoms with Gasteiger partial charge in [-0.1, -0.05) is 18.2 Å². The van der Waals surface area contributed by atoms with Gasteiger partial charge in [0.2, 0.25) is 11.9 Å². The van der Waals surface area contributed by atoms with Gasteiger partial charge in [0, 0.05) is 18.7 Å². The molecule has 0 unspecified atom stereocenters. The highest BCUT2D eigenvalue weighted by Gasteiger charge is 2.15. The number of rotatable bonds is 3. The van der Waals surface area contributed by atoms with Gasteiger partial charge in [-0.3, -0.25) is 10.1 Å². The standard InChI is InChI=1S/C15H17N5O/c21-13(12-7-3-1-4-8-12)18-14-16-11-17-15(19-14)20-9-5-2-6-10-20/h1,3-4,7-8,11H,2,5-6,9-10H2,(H,16,17,18,19,21). The predicted molar refractivity (Wildman–Crippen MR) is 80.3 cm³/mol. The molecular weight excluding hydrogens is 266 g/mol. The van der Waals surface area contributed by atoms with Crippen LogP contribution in [0.2, 0.25) is 0 Å². The number of aromatic nitrogens is 3. The lowest BCUT2D eigenvalue weighted by Crippen LogP contribution is -2.31. The Morgan fingerprint density at radius 2 is 1.81 bits per heavy atom. The fraction of sp³-hybridized carbons (Fsp3) is 0.333. The zero-order chi connectivity index (χ0) is 14.5. The van der Waals surface area contributed by atoms with E-state index in [1.165, 1.54) is 12.7 Å². The van der Waals surface area contributed by atoms with Crippen molar-refractivity contribution in [3.63, 3.8) is 0 Å². The number of hydrogen-bond donors (Lipinski definition) is 1. The average Bonchev–Trinajstić information content (AvgIpc) is 2.57. The van der Waals surface area contributed by atoms with E-state index in [-0.39, 0.29) is 5.91 Å². The quantitative estimate of drug-likeness (QED) is 0.934. The molecule has 0 spiro atoms. The molecule has 2 aromatic rings. The highest BCUT2D eigenvalue weighted by atomic mass is 16.1. The van der Waals surface area contributed by atoms with E-state index < -0.39 is 0 Å². The Hall–Kier alpha value is -2.50. The van der Waals surface area contributed by atoms with Gasteiger partial charge in [-0.25, -0.2) is 9.97 Å². The van der Waals surface area contributed by atoms with Crippen molar-refractivity contribution in [1.29, 1.82) is 0 Å². The van der Waals surface area contributed by atoms with Crippen molar-refractivity contribution < 1.29 is 4.79 Å².